The van der Waals surface area contributed by atoms with Crippen molar-refractivity contribution in [1.29, 1.82) is 0 Å². The molecule has 0 unspecified atom stereocenters. The fourth-order valence-corrected chi connectivity index (χ4v) is 3.74. The summed E-state index contributed by atoms with van der Waals surface area (Å²) in [5.41, 5.74) is 2.00. The largest absolute Gasteiger partial charge is 0.389 e. The van der Waals surface area contributed by atoms with Gasteiger partial charge in [-0.25, -0.2) is 0 Å². The highest BCUT2D eigenvalue weighted by Gasteiger charge is 2.51. The Morgan fingerprint density at radius 3 is 2.92 bits per heavy atom. The van der Waals surface area contributed by atoms with Crippen LogP contribution < -0.4 is 5.32 Å². The highest BCUT2D eigenvalue weighted by molar-refractivity contribution is 6.42. The van der Waals surface area contributed by atoms with E-state index in [1.807, 2.05) is 25.3 Å². The summed E-state index contributed by atoms with van der Waals surface area (Å²) in [7, 11) is 0. The number of aliphatic hydroxyl groups is 1. The van der Waals surface area contributed by atoms with Crippen molar-refractivity contribution in [2.45, 2.75) is 44.1 Å². The molecule has 2 saturated heterocycles. The van der Waals surface area contributed by atoms with Gasteiger partial charge in [0.15, 0.2) is 6.29 Å². The summed E-state index contributed by atoms with van der Waals surface area (Å²) in [6.07, 6.45) is 2.27. The zero-order chi connectivity index (χ0) is 17.6. The average molecular weight is 384 g/mol. The van der Waals surface area contributed by atoms with Gasteiger partial charge in [0.2, 0.25) is 0 Å². The standard InChI is InChI=1S/C17H19Cl2N3O3/c1-9-5-21-22(7-9)15-16(23)14(13-8-24-17(15)25-13)20-6-10-2-3-11(18)12(19)4-10/h2-5,7,13-17,20,23H,6,8H2,1H3/t13-,14-,15-,16+,17-/m1/s1. The van der Waals surface area contributed by atoms with Crippen molar-refractivity contribution >= 4 is 23.2 Å². The van der Waals surface area contributed by atoms with Crippen LogP contribution in [0.4, 0.5) is 0 Å². The number of aliphatic hydroxyl groups excluding tert-OH is 1. The van der Waals surface area contributed by atoms with Gasteiger partial charge in [-0.1, -0.05) is 29.3 Å². The molecule has 8 heteroatoms. The first kappa shape index (κ1) is 17.3. The lowest BCUT2D eigenvalue weighted by atomic mass is 9.96. The minimum atomic E-state index is -0.687. The van der Waals surface area contributed by atoms with Gasteiger partial charge in [-0.05, 0) is 30.2 Å². The number of aromatic nitrogens is 2. The predicted octanol–water partition coefficient (Wildman–Crippen LogP) is 2.31. The molecule has 25 heavy (non-hydrogen) atoms. The van der Waals surface area contributed by atoms with Gasteiger partial charge in [-0.2, -0.15) is 5.10 Å². The number of aryl methyl sites for hydroxylation is 1. The molecule has 2 aromatic rings. The Labute approximate surface area is 155 Å². The number of halogens is 2. The number of nitrogens with zero attached hydrogens (tertiary/aromatic N) is 2. The van der Waals surface area contributed by atoms with Crippen LogP contribution in [0, 0.1) is 6.92 Å². The molecule has 134 valence electrons. The van der Waals surface area contributed by atoms with E-state index in [4.69, 9.17) is 32.7 Å². The number of fused-ring (bicyclic) bond motifs is 2. The first-order valence-electron chi connectivity index (χ1n) is 8.16. The zero-order valence-electron chi connectivity index (χ0n) is 13.6. The number of rotatable bonds is 4. The van der Waals surface area contributed by atoms with Crippen molar-refractivity contribution in [2.24, 2.45) is 0 Å². The van der Waals surface area contributed by atoms with Crippen LogP contribution in [0.3, 0.4) is 0 Å². The highest BCUT2D eigenvalue weighted by atomic mass is 35.5. The fraction of sp³-hybridized carbons (Fsp3) is 0.471. The molecule has 5 atom stereocenters. The molecule has 6 nitrogen and oxygen atoms in total. The first-order chi connectivity index (χ1) is 12.0. The van der Waals surface area contributed by atoms with Crippen molar-refractivity contribution in [1.82, 2.24) is 15.1 Å². The summed E-state index contributed by atoms with van der Waals surface area (Å²) < 4.78 is 13.4. The lowest BCUT2D eigenvalue weighted by Gasteiger charge is -2.38. The molecule has 1 aromatic heterocycles. The lowest BCUT2D eigenvalue weighted by molar-refractivity contribution is -0.168. The smallest absolute Gasteiger partial charge is 0.183 e. The van der Waals surface area contributed by atoms with Crippen molar-refractivity contribution in [3.8, 4) is 0 Å². The Bertz CT molecular complexity index is 769. The van der Waals surface area contributed by atoms with Gasteiger partial charge < -0.3 is 19.9 Å². The molecule has 0 saturated carbocycles. The molecule has 0 radical (unpaired) electrons. The number of nitrogens with one attached hydrogen (secondary N) is 1. The maximum atomic E-state index is 10.9. The minimum absolute atomic E-state index is 0.198. The van der Waals surface area contributed by atoms with Gasteiger partial charge in [0.25, 0.3) is 0 Å². The van der Waals surface area contributed by atoms with Crippen molar-refractivity contribution in [2.75, 3.05) is 6.61 Å². The second-order valence-corrected chi connectivity index (χ2v) is 7.32. The molecule has 4 rings (SSSR count). The van der Waals surface area contributed by atoms with E-state index in [1.54, 1.807) is 16.9 Å². The second-order valence-electron chi connectivity index (χ2n) is 6.51. The summed E-state index contributed by atoms with van der Waals surface area (Å²) in [5.74, 6) is 0. The molecular weight excluding hydrogens is 365 g/mol. The van der Waals surface area contributed by atoms with Gasteiger partial charge in [0.05, 0.1) is 35.0 Å². The molecule has 2 aliphatic rings. The topological polar surface area (TPSA) is 68.5 Å². The summed E-state index contributed by atoms with van der Waals surface area (Å²) in [6.45, 7) is 2.93. The molecule has 2 fully saturated rings. The molecule has 2 N–H and O–H groups in total. The van der Waals surface area contributed by atoms with E-state index in [9.17, 15) is 5.11 Å². The normalized spacial score (nSPS) is 31.4. The van der Waals surface area contributed by atoms with Gasteiger partial charge >= 0.3 is 0 Å². The lowest BCUT2D eigenvalue weighted by Crippen LogP contribution is -2.57. The Hall–Kier alpha value is -1.15. The van der Waals surface area contributed by atoms with E-state index in [2.05, 4.69) is 10.4 Å². The molecule has 3 heterocycles. The summed E-state index contributed by atoms with van der Waals surface area (Å²) in [5, 5.41) is 19.6. The van der Waals surface area contributed by atoms with E-state index in [1.165, 1.54) is 0 Å². The quantitative estimate of drug-likeness (QED) is 0.847. The average Bonchev–Trinajstić information content (AvgIpc) is 3.19. The Morgan fingerprint density at radius 1 is 1.36 bits per heavy atom. The highest BCUT2D eigenvalue weighted by Crippen LogP contribution is 2.35. The number of hydrogen-bond acceptors (Lipinski definition) is 5. The van der Waals surface area contributed by atoms with Crippen LogP contribution in [0.1, 0.15) is 17.2 Å². The summed E-state index contributed by atoms with van der Waals surface area (Å²) in [4.78, 5) is 0. The number of benzene rings is 1. The minimum Gasteiger partial charge on any atom is -0.389 e. The molecule has 0 spiro atoms. The van der Waals surface area contributed by atoms with Crippen LogP contribution >= 0.6 is 23.2 Å². The summed E-state index contributed by atoms with van der Waals surface area (Å²) in [6, 6.07) is 4.81. The zero-order valence-corrected chi connectivity index (χ0v) is 15.1. The number of ether oxygens (including phenoxy) is 2. The van der Waals surface area contributed by atoms with Crippen molar-refractivity contribution in [3.63, 3.8) is 0 Å². The van der Waals surface area contributed by atoms with Crippen LogP contribution in [0.25, 0.3) is 0 Å². The van der Waals surface area contributed by atoms with E-state index >= 15 is 0 Å². The Morgan fingerprint density at radius 2 is 2.20 bits per heavy atom. The molecule has 2 aliphatic heterocycles. The second kappa shape index (κ2) is 6.87. The van der Waals surface area contributed by atoms with Crippen LogP contribution in [-0.4, -0.2) is 46.0 Å². The van der Waals surface area contributed by atoms with E-state index in [0.29, 0.717) is 23.2 Å². The maximum Gasteiger partial charge on any atom is 0.183 e. The molecule has 0 amide bonds. The molecule has 1 aromatic carbocycles. The number of hydrogen-bond donors (Lipinski definition) is 2. The van der Waals surface area contributed by atoms with Gasteiger partial charge in [0.1, 0.15) is 12.1 Å². The molecule has 0 aliphatic carbocycles. The third-order valence-electron chi connectivity index (χ3n) is 4.69. The third-order valence-corrected chi connectivity index (χ3v) is 5.43. The van der Waals surface area contributed by atoms with Crippen molar-refractivity contribution < 1.29 is 14.6 Å². The summed E-state index contributed by atoms with van der Waals surface area (Å²) >= 11 is 12.0. The van der Waals surface area contributed by atoms with E-state index < -0.39 is 18.4 Å². The fourth-order valence-electron chi connectivity index (χ4n) is 3.42. The van der Waals surface area contributed by atoms with Crippen LogP contribution in [0.5, 0.6) is 0 Å². The van der Waals surface area contributed by atoms with Crippen LogP contribution in [-0.2, 0) is 16.0 Å². The SMILES string of the molecule is Cc1cnn([C@H]2[C@@H]3OC[C@@H](O3)[C@@H](NCc3ccc(Cl)c(Cl)c3)[C@@H]2O)c1. The van der Waals surface area contributed by atoms with Crippen LogP contribution in [0.2, 0.25) is 10.0 Å². The van der Waals surface area contributed by atoms with Gasteiger partial charge in [-0.3, -0.25) is 4.68 Å². The predicted molar refractivity (Wildman–Crippen MR) is 93.7 cm³/mol. The maximum absolute atomic E-state index is 10.9. The van der Waals surface area contributed by atoms with Gasteiger partial charge in [-0.15, -0.1) is 0 Å². The third kappa shape index (κ3) is 3.30. The van der Waals surface area contributed by atoms with Crippen LogP contribution in [0.15, 0.2) is 30.6 Å². The van der Waals surface area contributed by atoms with E-state index in [-0.39, 0.29) is 12.1 Å². The molecule has 2 bridgehead atoms. The Balaban J connectivity index is 1.51. The first-order valence-corrected chi connectivity index (χ1v) is 8.92. The van der Waals surface area contributed by atoms with Gasteiger partial charge in [0, 0.05) is 12.7 Å². The van der Waals surface area contributed by atoms with E-state index in [0.717, 1.165) is 11.1 Å². The van der Waals surface area contributed by atoms with Crippen molar-refractivity contribution in [3.05, 3.63) is 51.8 Å². The Kier molecular flexibility index (Phi) is 4.75. The molecular formula is C17H19Cl2N3O3. The monoisotopic (exact) mass is 383 g/mol.